The Kier molecular flexibility index (Phi) is 7.97. The summed E-state index contributed by atoms with van der Waals surface area (Å²) in [5.74, 6) is 1.48. The lowest BCUT2D eigenvalue weighted by atomic mass is 9.75. The van der Waals surface area contributed by atoms with Crippen molar-refractivity contribution in [3.8, 4) is 0 Å². The molecule has 2 aliphatic carbocycles. The van der Waals surface area contributed by atoms with Crippen LogP contribution in [0, 0.1) is 17.7 Å². The first kappa shape index (κ1) is 22.7. The van der Waals surface area contributed by atoms with Crippen molar-refractivity contribution in [2.45, 2.75) is 83.0 Å². The zero-order valence-electron chi connectivity index (χ0n) is 18.4. The van der Waals surface area contributed by atoms with Crippen molar-refractivity contribution in [1.82, 2.24) is 9.88 Å². The average Bonchev–Trinajstić information content (AvgIpc) is 2.78. The molecule has 0 radical (unpaired) electrons. The van der Waals surface area contributed by atoms with Crippen molar-refractivity contribution in [3.63, 3.8) is 0 Å². The van der Waals surface area contributed by atoms with E-state index in [1.807, 2.05) is 12.4 Å². The van der Waals surface area contributed by atoms with Gasteiger partial charge in [0.25, 0.3) is 0 Å². The zero-order valence-corrected chi connectivity index (χ0v) is 19.1. The molecule has 31 heavy (non-hydrogen) atoms. The Bertz CT molecular complexity index is 794. The molecule has 1 aromatic carbocycles. The molecule has 0 atom stereocenters. The third kappa shape index (κ3) is 6.27. The lowest BCUT2D eigenvalue weighted by molar-refractivity contribution is 0.110. The topological polar surface area (TPSA) is 42.1 Å². The summed E-state index contributed by atoms with van der Waals surface area (Å²) in [5, 5.41) is 0.518. The third-order valence-electron chi connectivity index (χ3n) is 7.45. The predicted octanol–water partition coefficient (Wildman–Crippen LogP) is 6.34. The van der Waals surface area contributed by atoms with E-state index in [1.165, 1.54) is 69.4 Å². The highest BCUT2D eigenvalue weighted by atomic mass is 35.5. The molecule has 1 heterocycles. The lowest BCUT2D eigenvalue weighted by Crippen LogP contribution is -2.38. The van der Waals surface area contributed by atoms with E-state index in [4.69, 9.17) is 17.3 Å². The van der Waals surface area contributed by atoms with Crippen LogP contribution in [0.3, 0.4) is 0 Å². The van der Waals surface area contributed by atoms with Crippen LogP contribution in [0.1, 0.15) is 68.9 Å². The van der Waals surface area contributed by atoms with Crippen LogP contribution in [0.2, 0.25) is 5.02 Å². The van der Waals surface area contributed by atoms with E-state index in [9.17, 15) is 4.39 Å². The molecule has 5 heteroatoms. The van der Waals surface area contributed by atoms with Gasteiger partial charge in [0.1, 0.15) is 5.82 Å². The maximum atomic E-state index is 14.5. The molecule has 2 fully saturated rings. The van der Waals surface area contributed by atoms with Crippen LogP contribution in [0.4, 0.5) is 4.39 Å². The molecule has 2 N–H and O–H groups in total. The van der Waals surface area contributed by atoms with E-state index in [1.54, 1.807) is 12.1 Å². The monoisotopic (exact) mass is 443 g/mol. The quantitative estimate of drug-likeness (QED) is 0.542. The molecule has 0 bridgehead atoms. The van der Waals surface area contributed by atoms with Crippen molar-refractivity contribution in [3.05, 3.63) is 64.7 Å². The Balaban J connectivity index is 1.40. The summed E-state index contributed by atoms with van der Waals surface area (Å²) in [7, 11) is 0. The van der Waals surface area contributed by atoms with Gasteiger partial charge in [-0.25, -0.2) is 4.39 Å². The van der Waals surface area contributed by atoms with Gasteiger partial charge in [0.05, 0.1) is 0 Å². The molecule has 2 aliphatic rings. The molecule has 0 spiro atoms. The highest BCUT2D eigenvalue weighted by Gasteiger charge is 2.29. The molecule has 0 unspecified atom stereocenters. The summed E-state index contributed by atoms with van der Waals surface area (Å²) < 4.78 is 14.5. The highest BCUT2D eigenvalue weighted by Crippen LogP contribution is 2.37. The summed E-state index contributed by atoms with van der Waals surface area (Å²) in [6.07, 6.45) is 14.9. The van der Waals surface area contributed by atoms with Gasteiger partial charge >= 0.3 is 0 Å². The number of aromatic nitrogens is 1. The van der Waals surface area contributed by atoms with Gasteiger partial charge in [-0.1, -0.05) is 17.7 Å². The predicted molar refractivity (Wildman–Crippen MR) is 125 cm³/mol. The van der Waals surface area contributed by atoms with Gasteiger partial charge < -0.3 is 5.73 Å². The van der Waals surface area contributed by atoms with Gasteiger partial charge in [-0.05, 0) is 99.5 Å². The van der Waals surface area contributed by atoms with Gasteiger partial charge in [0, 0.05) is 48.2 Å². The van der Waals surface area contributed by atoms with Crippen molar-refractivity contribution in [1.29, 1.82) is 0 Å². The molecule has 0 saturated heterocycles. The number of hydrogen-bond acceptors (Lipinski definition) is 3. The fourth-order valence-electron chi connectivity index (χ4n) is 5.56. The Labute approximate surface area is 191 Å². The minimum atomic E-state index is -0.212. The Morgan fingerprint density at radius 2 is 1.55 bits per heavy atom. The second-order valence-corrected chi connectivity index (χ2v) is 10.1. The first-order chi connectivity index (χ1) is 15.1. The number of hydrogen-bond donors (Lipinski definition) is 1. The summed E-state index contributed by atoms with van der Waals surface area (Å²) in [6.45, 7) is 1.34. The number of nitrogens with zero attached hydrogens (tertiary/aromatic N) is 2. The van der Waals surface area contributed by atoms with Crippen molar-refractivity contribution >= 4 is 11.6 Å². The van der Waals surface area contributed by atoms with Gasteiger partial charge in [-0.2, -0.15) is 0 Å². The van der Waals surface area contributed by atoms with Gasteiger partial charge in [-0.3, -0.25) is 9.88 Å². The van der Waals surface area contributed by atoms with Crippen LogP contribution in [-0.2, 0) is 13.1 Å². The second kappa shape index (κ2) is 10.9. The fraction of sp³-hybridized carbons (Fsp3) is 0.577. The van der Waals surface area contributed by atoms with Gasteiger partial charge in [-0.15, -0.1) is 0 Å². The second-order valence-electron chi connectivity index (χ2n) is 9.65. The normalized spacial score (nSPS) is 26.8. The SMILES string of the molecule is NC1CCC(CC2CCC(N(Cc3ccncc3)Cc3c(F)cccc3Cl)CC2)CC1. The van der Waals surface area contributed by atoms with Crippen LogP contribution in [0.15, 0.2) is 42.7 Å². The number of benzene rings is 1. The number of pyridine rings is 1. The summed E-state index contributed by atoms with van der Waals surface area (Å²) in [4.78, 5) is 6.57. The third-order valence-corrected chi connectivity index (χ3v) is 7.80. The summed E-state index contributed by atoms with van der Waals surface area (Å²) >= 11 is 6.37. The van der Waals surface area contributed by atoms with Crippen LogP contribution in [0.5, 0.6) is 0 Å². The number of nitrogens with two attached hydrogens (primary N) is 1. The maximum Gasteiger partial charge on any atom is 0.129 e. The molecular weight excluding hydrogens is 409 g/mol. The minimum absolute atomic E-state index is 0.212. The highest BCUT2D eigenvalue weighted by molar-refractivity contribution is 6.31. The first-order valence-corrected chi connectivity index (χ1v) is 12.3. The molecule has 168 valence electrons. The largest absolute Gasteiger partial charge is 0.328 e. The Hall–Kier alpha value is -1.49. The summed E-state index contributed by atoms with van der Waals surface area (Å²) in [5.41, 5.74) is 7.91. The molecule has 0 amide bonds. The zero-order chi connectivity index (χ0) is 21.6. The first-order valence-electron chi connectivity index (χ1n) is 11.9. The minimum Gasteiger partial charge on any atom is -0.328 e. The molecule has 2 saturated carbocycles. The standard InChI is InChI=1S/C26H35ClFN3/c27-25-2-1-3-26(28)24(25)18-31(17-21-12-14-30-15-13-21)23-10-6-20(7-11-23)16-19-4-8-22(29)9-5-19/h1-3,12-15,19-20,22-23H,4-11,16-18,29H2. The molecular formula is C26H35ClFN3. The molecule has 2 aromatic rings. The maximum absolute atomic E-state index is 14.5. The Morgan fingerprint density at radius 1 is 0.903 bits per heavy atom. The van der Waals surface area contributed by atoms with Crippen LogP contribution in [-0.4, -0.2) is 22.0 Å². The molecule has 4 rings (SSSR count). The van der Waals surface area contributed by atoms with Gasteiger partial charge in [0.15, 0.2) is 0 Å². The Morgan fingerprint density at radius 3 is 2.19 bits per heavy atom. The van der Waals surface area contributed by atoms with Crippen molar-refractivity contribution in [2.24, 2.45) is 17.6 Å². The number of halogens is 2. The lowest BCUT2D eigenvalue weighted by Gasteiger charge is -2.38. The van der Waals surface area contributed by atoms with E-state index in [0.717, 1.165) is 18.4 Å². The average molecular weight is 444 g/mol. The fourth-order valence-corrected chi connectivity index (χ4v) is 5.79. The van der Waals surface area contributed by atoms with Crippen LogP contribution in [0.25, 0.3) is 0 Å². The van der Waals surface area contributed by atoms with E-state index in [0.29, 0.717) is 29.2 Å². The molecule has 1 aromatic heterocycles. The van der Waals surface area contributed by atoms with Gasteiger partial charge in [0.2, 0.25) is 0 Å². The van der Waals surface area contributed by atoms with Crippen molar-refractivity contribution < 1.29 is 4.39 Å². The smallest absolute Gasteiger partial charge is 0.129 e. The van der Waals surface area contributed by atoms with Crippen LogP contribution < -0.4 is 5.73 Å². The van der Waals surface area contributed by atoms with E-state index < -0.39 is 0 Å². The van der Waals surface area contributed by atoms with Crippen molar-refractivity contribution in [2.75, 3.05) is 0 Å². The number of rotatable bonds is 7. The molecule has 3 nitrogen and oxygen atoms in total. The van der Waals surface area contributed by atoms with Crippen LogP contribution >= 0.6 is 11.6 Å². The van der Waals surface area contributed by atoms with E-state index in [-0.39, 0.29) is 5.82 Å². The van der Waals surface area contributed by atoms with E-state index >= 15 is 0 Å². The molecule has 0 aliphatic heterocycles. The summed E-state index contributed by atoms with van der Waals surface area (Å²) in [6, 6.07) is 9.97. The van der Waals surface area contributed by atoms with E-state index in [2.05, 4.69) is 22.0 Å².